The van der Waals surface area contributed by atoms with Crippen LogP contribution in [0.2, 0.25) is 5.02 Å². The first-order valence-electron chi connectivity index (χ1n) is 6.64. The normalized spacial score (nSPS) is 26.8. The van der Waals surface area contributed by atoms with Gasteiger partial charge in [-0.3, -0.25) is 5.10 Å². The topological polar surface area (TPSA) is 50.8 Å². The fourth-order valence-corrected chi connectivity index (χ4v) is 3.19. The largest absolute Gasteiger partial charge is 0.486 e. The van der Waals surface area contributed by atoms with Gasteiger partial charge in [0.25, 0.3) is 0 Å². The Labute approximate surface area is 120 Å². The minimum Gasteiger partial charge on any atom is -0.486 e. The van der Waals surface area contributed by atoms with Crippen LogP contribution in [0.15, 0.2) is 18.2 Å². The lowest BCUT2D eigenvalue weighted by Gasteiger charge is -2.59. The summed E-state index contributed by atoms with van der Waals surface area (Å²) in [6.07, 6.45) is 3.65. The number of halogens is 2. The highest BCUT2D eigenvalue weighted by Crippen LogP contribution is 2.64. The maximum atomic E-state index is 13.3. The molecule has 6 heteroatoms. The third-order valence-corrected chi connectivity index (χ3v) is 4.62. The van der Waals surface area contributed by atoms with Crippen molar-refractivity contribution in [1.29, 1.82) is 0 Å². The average molecular weight is 294 g/mol. The molecule has 3 fully saturated rings. The molecular weight excluding hydrogens is 281 g/mol. The van der Waals surface area contributed by atoms with Crippen molar-refractivity contribution in [1.82, 2.24) is 15.2 Å². The Kier molecular flexibility index (Phi) is 2.54. The molecule has 1 heterocycles. The van der Waals surface area contributed by atoms with Crippen LogP contribution in [0.4, 0.5) is 4.39 Å². The van der Waals surface area contributed by atoms with E-state index in [4.69, 9.17) is 16.3 Å². The van der Waals surface area contributed by atoms with E-state index in [9.17, 15) is 4.39 Å². The Morgan fingerprint density at radius 3 is 2.85 bits per heavy atom. The molecule has 1 aromatic carbocycles. The van der Waals surface area contributed by atoms with Crippen LogP contribution in [0, 0.1) is 11.7 Å². The zero-order valence-electron chi connectivity index (χ0n) is 10.7. The molecule has 0 amide bonds. The maximum absolute atomic E-state index is 13.3. The quantitative estimate of drug-likeness (QED) is 0.941. The van der Waals surface area contributed by atoms with Crippen molar-refractivity contribution in [2.75, 3.05) is 0 Å². The zero-order chi connectivity index (χ0) is 13.7. The molecule has 104 valence electrons. The predicted molar refractivity (Wildman–Crippen MR) is 71.1 cm³/mol. The summed E-state index contributed by atoms with van der Waals surface area (Å²) in [6, 6.07) is 4.37. The highest BCUT2D eigenvalue weighted by atomic mass is 35.5. The van der Waals surface area contributed by atoms with Crippen LogP contribution in [-0.2, 0) is 12.0 Å². The molecule has 0 unspecified atom stereocenters. The maximum Gasteiger partial charge on any atom is 0.162 e. The highest BCUT2D eigenvalue weighted by Gasteiger charge is 2.59. The molecule has 1 N–H and O–H groups in total. The molecule has 0 aliphatic heterocycles. The Balaban J connectivity index is 1.43. The molecule has 3 saturated carbocycles. The molecule has 0 spiro atoms. The van der Waals surface area contributed by atoms with Gasteiger partial charge < -0.3 is 4.74 Å². The molecule has 0 saturated heterocycles. The number of nitrogens with zero attached hydrogens (tertiary/aromatic N) is 2. The molecule has 20 heavy (non-hydrogen) atoms. The first kappa shape index (κ1) is 12.1. The first-order chi connectivity index (χ1) is 9.64. The van der Waals surface area contributed by atoms with Gasteiger partial charge in [0.2, 0.25) is 0 Å². The number of aromatic amines is 1. The molecule has 5 rings (SSSR count). The molecule has 3 aliphatic carbocycles. The number of aromatic nitrogens is 3. The van der Waals surface area contributed by atoms with Crippen LogP contribution >= 0.6 is 11.6 Å². The second kappa shape index (κ2) is 4.19. The van der Waals surface area contributed by atoms with Crippen molar-refractivity contribution in [3.8, 4) is 5.75 Å². The highest BCUT2D eigenvalue weighted by molar-refractivity contribution is 6.30. The predicted octanol–water partition coefficient (Wildman–Crippen LogP) is 3.23. The van der Waals surface area contributed by atoms with E-state index in [1.807, 2.05) is 0 Å². The fourth-order valence-electron chi connectivity index (χ4n) is 3.07. The van der Waals surface area contributed by atoms with E-state index in [0.717, 1.165) is 11.7 Å². The van der Waals surface area contributed by atoms with E-state index in [1.54, 1.807) is 6.07 Å². The zero-order valence-corrected chi connectivity index (χ0v) is 11.5. The number of H-pyrrole nitrogens is 1. The third kappa shape index (κ3) is 1.80. The van der Waals surface area contributed by atoms with Gasteiger partial charge in [0.05, 0.1) is 5.02 Å². The van der Waals surface area contributed by atoms with Gasteiger partial charge in [0, 0.05) is 11.5 Å². The minimum absolute atomic E-state index is 0.0860. The Hall–Kier alpha value is -1.62. The van der Waals surface area contributed by atoms with E-state index in [0.29, 0.717) is 11.6 Å². The Bertz CT molecular complexity index is 655. The number of hydrogen-bond donors (Lipinski definition) is 1. The monoisotopic (exact) mass is 293 g/mol. The van der Waals surface area contributed by atoms with Crippen LogP contribution < -0.4 is 4.74 Å². The van der Waals surface area contributed by atoms with Crippen molar-refractivity contribution in [2.45, 2.75) is 31.3 Å². The van der Waals surface area contributed by atoms with Gasteiger partial charge in [-0.15, -0.1) is 0 Å². The molecule has 4 nitrogen and oxygen atoms in total. The van der Waals surface area contributed by atoms with Crippen molar-refractivity contribution >= 4 is 11.6 Å². The van der Waals surface area contributed by atoms with Crippen LogP contribution in [-0.4, -0.2) is 15.2 Å². The fraction of sp³-hybridized carbons (Fsp3) is 0.429. The summed E-state index contributed by atoms with van der Waals surface area (Å²) in [5.74, 6) is 2.40. The van der Waals surface area contributed by atoms with Gasteiger partial charge in [0.15, 0.2) is 11.6 Å². The number of hydrogen-bond acceptors (Lipinski definition) is 3. The minimum atomic E-state index is -0.490. The summed E-state index contributed by atoms with van der Waals surface area (Å²) >= 11 is 5.62. The standard InChI is InChI=1S/C14H13ClFN3O/c15-10-2-1-9(3-11(10)16)20-7-12-17-13(19-18-12)14-4-8(5-14)6-14/h1-3,8H,4-7H2,(H,17,18,19). The summed E-state index contributed by atoms with van der Waals surface area (Å²) in [6.45, 7) is 0.244. The van der Waals surface area contributed by atoms with E-state index in [1.165, 1.54) is 31.4 Å². The van der Waals surface area contributed by atoms with Crippen LogP contribution in [0.1, 0.15) is 30.9 Å². The van der Waals surface area contributed by atoms with Gasteiger partial charge >= 0.3 is 0 Å². The molecule has 2 aromatic rings. The van der Waals surface area contributed by atoms with E-state index >= 15 is 0 Å². The average Bonchev–Trinajstić information content (AvgIpc) is 2.75. The van der Waals surface area contributed by atoms with Crippen LogP contribution in [0.5, 0.6) is 5.75 Å². The molecule has 0 radical (unpaired) electrons. The number of nitrogens with one attached hydrogen (secondary N) is 1. The second-order valence-corrected chi connectivity index (χ2v) is 6.14. The van der Waals surface area contributed by atoms with Gasteiger partial charge in [0.1, 0.15) is 18.2 Å². The number of benzene rings is 1. The second-order valence-electron chi connectivity index (χ2n) is 5.73. The third-order valence-electron chi connectivity index (χ3n) is 4.31. The molecule has 3 aliphatic rings. The van der Waals surface area contributed by atoms with E-state index < -0.39 is 5.82 Å². The van der Waals surface area contributed by atoms with Crippen molar-refractivity contribution in [2.24, 2.45) is 5.92 Å². The van der Waals surface area contributed by atoms with Gasteiger partial charge in [-0.2, -0.15) is 5.10 Å². The Morgan fingerprint density at radius 2 is 2.20 bits per heavy atom. The summed E-state index contributed by atoms with van der Waals surface area (Å²) in [5.41, 5.74) is 0.242. The smallest absolute Gasteiger partial charge is 0.162 e. The van der Waals surface area contributed by atoms with Gasteiger partial charge in [-0.05, 0) is 37.3 Å². The lowest BCUT2D eigenvalue weighted by molar-refractivity contribution is -0.0344. The number of ether oxygens (including phenoxy) is 1. The van der Waals surface area contributed by atoms with Crippen LogP contribution in [0.3, 0.4) is 0 Å². The summed E-state index contributed by atoms with van der Waals surface area (Å²) in [4.78, 5) is 4.49. The van der Waals surface area contributed by atoms with Crippen molar-refractivity contribution < 1.29 is 9.13 Å². The summed E-state index contributed by atoms with van der Waals surface area (Å²) < 4.78 is 18.8. The molecule has 0 atom stereocenters. The van der Waals surface area contributed by atoms with Crippen LogP contribution in [0.25, 0.3) is 0 Å². The van der Waals surface area contributed by atoms with Gasteiger partial charge in [-0.1, -0.05) is 11.6 Å². The summed E-state index contributed by atoms with van der Waals surface area (Å²) in [5, 5.41) is 7.26. The SMILES string of the molecule is Fc1cc(OCc2nc(C34CC(C3)C4)n[nH]2)ccc1Cl. The molecule has 2 bridgehead atoms. The summed E-state index contributed by atoms with van der Waals surface area (Å²) in [7, 11) is 0. The van der Waals surface area contributed by atoms with Crippen molar-refractivity contribution in [3.05, 3.63) is 40.7 Å². The van der Waals surface area contributed by atoms with Crippen molar-refractivity contribution in [3.63, 3.8) is 0 Å². The molecular formula is C14H13ClFN3O. The first-order valence-corrected chi connectivity index (χ1v) is 7.02. The Morgan fingerprint density at radius 1 is 1.40 bits per heavy atom. The van der Waals surface area contributed by atoms with E-state index in [2.05, 4.69) is 15.2 Å². The lowest BCUT2D eigenvalue weighted by Crippen LogP contribution is -2.55. The molecule has 1 aromatic heterocycles. The van der Waals surface area contributed by atoms with Gasteiger partial charge in [-0.25, -0.2) is 9.37 Å². The number of rotatable bonds is 4. The van der Waals surface area contributed by atoms with E-state index in [-0.39, 0.29) is 17.0 Å². The lowest BCUT2D eigenvalue weighted by atomic mass is 9.44.